The molecule has 1 heterocycles. The molecule has 0 spiro atoms. The van der Waals surface area contributed by atoms with Crippen molar-refractivity contribution < 1.29 is 9.47 Å². The third-order valence-corrected chi connectivity index (χ3v) is 4.19. The number of nitrogens with zero attached hydrogens (tertiary/aromatic N) is 1. The molecule has 1 fully saturated rings. The summed E-state index contributed by atoms with van der Waals surface area (Å²) in [6, 6.07) is 7.94. The summed E-state index contributed by atoms with van der Waals surface area (Å²) >= 11 is 5.99. The first-order valence-corrected chi connectivity index (χ1v) is 9.00. The van der Waals surface area contributed by atoms with Gasteiger partial charge in [0.15, 0.2) is 5.96 Å². The Labute approximate surface area is 149 Å². The van der Waals surface area contributed by atoms with E-state index in [1.807, 2.05) is 18.2 Å². The summed E-state index contributed by atoms with van der Waals surface area (Å²) < 4.78 is 11.0. The van der Waals surface area contributed by atoms with Gasteiger partial charge in [-0.25, -0.2) is 0 Å². The number of guanidine groups is 1. The molecule has 5 nitrogen and oxygen atoms in total. The Morgan fingerprint density at radius 3 is 3.00 bits per heavy atom. The summed E-state index contributed by atoms with van der Waals surface area (Å²) in [5.41, 5.74) is 1.22. The van der Waals surface area contributed by atoms with Gasteiger partial charge in [-0.05, 0) is 37.0 Å². The quantitative estimate of drug-likeness (QED) is 0.407. The third kappa shape index (κ3) is 7.51. The van der Waals surface area contributed by atoms with Gasteiger partial charge < -0.3 is 20.1 Å². The van der Waals surface area contributed by atoms with E-state index in [4.69, 9.17) is 21.1 Å². The minimum Gasteiger partial charge on any atom is -0.381 e. The standard InChI is InChI=1S/C18H28ClN3O2/c1-20-18(22-9-6-15-4-2-5-17(19)12-15)21-8-3-10-23-13-16-7-11-24-14-16/h2,4-5,12,16H,3,6-11,13-14H2,1H3,(H2,20,21,22). The fourth-order valence-electron chi connectivity index (χ4n) is 2.58. The second-order valence-corrected chi connectivity index (χ2v) is 6.40. The molecule has 134 valence electrons. The number of nitrogens with one attached hydrogen (secondary N) is 2. The van der Waals surface area contributed by atoms with Crippen LogP contribution in [0.3, 0.4) is 0 Å². The van der Waals surface area contributed by atoms with E-state index in [1.165, 1.54) is 5.56 Å². The van der Waals surface area contributed by atoms with E-state index in [9.17, 15) is 0 Å². The lowest BCUT2D eigenvalue weighted by Gasteiger charge is -2.12. The van der Waals surface area contributed by atoms with Gasteiger partial charge in [0.25, 0.3) is 0 Å². The fourth-order valence-corrected chi connectivity index (χ4v) is 2.80. The molecule has 0 saturated carbocycles. The molecule has 2 rings (SSSR count). The van der Waals surface area contributed by atoms with E-state index < -0.39 is 0 Å². The Morgan fingerprint density at radius 2 is 2.25 bits per heavy atom. The number of halogens is 1. The smallest absolute Gasteiger partial charge is 0.190 e. The largest absolute Gasteiger partial charge is 0.381 e. The summed E-state index contributed by atoms with van der Waals surface area (Å²) in [5, 5.41) is 7.39. The van der Waals surface area contributed by atoms with Crippen LogP contribution in [0, 0.1) is 5.92 Å². The van der Waals surface area contributed by atoms with Crippen molar-refractivity contribution in [3.05, 3.63) is 34.9 Å². The van der Waals surface area contributed by atoms with Crippen molar-refractivity contribution in [3.63, 3.8) is 0 Å². The maximum absolute atomic E-state index is 5.99. The Morgan fingerprint density at radius 1 is 1.38 bits per heavy atom. The highest BCUT2D eigenvalue weighted by Crippen LogP contribution is 2.12. The van der Waals surface area contributed by atoms with Gasteiger partial charge >= 0.3 is 0 Å². The number of aliphatic imine (C=N–C) groups is 1. The lowest BCUT2D eigenvalue weighted by molar-refractivity contribution is 0.0888. The molecular weight excluding hydrogens is 326 g/mol. The second-order valence-electron chi connectivity index (χ2n) is 5.96. The van der Waals surface area contributed by atoms with Gasteiger partial charge in [0.05, 0.1) is 13.2 Å². The average molecular weight is 354 g/mol. The van der Waals surface area contributed by atoms with Gasteiger partial charge in [-0.15, -0.1) is 0 Å². The van der Waals surface area contributed by atoms with Crippen molar-refractivity contribution in [1.29, 1.82) is 0 Å². The average Bonchev–Trinajstić information content (AvgIpc) is 3.09. The third-order valence-electron chi connectivity index (χ3n) is 3.95. The van der Waals surface area contributed by atoms with Gasteiger partial charge in [0.2, 0.25) is 0 Å². The molecule has 1 atom stereocenters. The van der Waals surface area contributed by atoms with Gasteiger partial charge in [-0.3, -0.25) is 4.99 Å². The molecule has 1 saturated heterocycles. The molecule has 6 heteroatoms. The molecule has 0 aliphatic carbocycles. The topological polar surface area (TPSA) is 54.9 Å². The highest BCUT2D eigenvalue weighted by atomic mass is 35.5. The Hall–Kier alpha value is -1.30. The highest BCUT2D eigenvalue weighted by molar-refractivity contribution is 6.30. The first kappa shape index (κ1) is 19.0. The zero-order valence-electron chi connectivity index (χ0n) is 14.4. The molecule has 1 aliphatic heterocycles. The van der Waals surface area contributed by atoms with E-state index in [2.05, 4.69) is 21.7 Å². The number of ether oxygens (including phenoxy) is 2. The van der Waals surface area contributed by atoms with Crippen LogP contribution < -0.4 is 10.6 Å². The van der Waals surface area contributed by atoms with Crippen LogP contribution in [0.4, 0.5) is 0 Å². The molecule has 2 N–H and O–H groups in total. The van der Waals surface area contributed by atoms with E-state index >= 15 is 0 Å². The minimum atomic E-state index is 0.582. The molecule has 0 amide bonds. The van der Waals surface area contributed by atoms with E-state index in [1.54, 1.807) is 7.05 Å². The first-order valence-electron chi connectivity index (χ1n) is 8.62. The summed E-state index contributed by atoms with van der Waals surface area (Å²) in [4.78, 5) is 4.23. The van der Waals surface area contributed by atoms with Crippen molar-refractivity contribution in [2.45, 2.75) is 19.3 Å². The minimum absolute atomic E-state index is 0.582. The van der Waals surface area contributed by atoms with Crippen molar-refractivity contribution in [2.24, 2.45) is 10.9 Å². The van der Waals surface area contributed by atoms with Gasteiger partial charge in [0, 0.05) is 44.3 Å². The molecule has 1 aromatic carbocycles. The van der Waals surface area contributed by atoms with Crippen LogP contribution in [0.15, 0.2) is 29.3 Å². The summed E-state index contributed by atoms with van der Waals surface area (Å²) in [6.45, 7) is 4.97. The lowest BCUT2D eigenvalue weighted by Crippen LogP contribution is -2.39. The van der Waals surface area contributed by atoms with E-state index in [0.717, 1.165) is 69.8 Å². The van der Waals surface area contributed by atoms with Crippen LogP contribution in [0.1, 0.15) is 18.4 Å². The van der Waals surface area contributed by atoms with Crippen LogP contribution in [0.5, 0.6) is 0 Å². The zero-order chi connectivity index (χ0) is 17.0. The monoisotopic (exact) mass is 353 g/mol. The van der Waals surface area contributed by atoms with Gasteiger partial charge in [-0.1, -0.05) is 23.7 Å². The van der Waals surface area contributed by atoms with Crippen molar-refractivity contribution in [3.8, 4) is 0 Å². The normalized spacial score (nSPS) is 17.9. The number of hydrogen-bond acceptors (Lipinski definition) is 3. The Kier molecular flexibility index (Phi) is 8.95. The van der Waals surface area contributed by atoms with Crippen LogP contribution in [0.2, 0.25) is 5.02 Å². The maximum Gasteiger partial charge on any atom is 0.190 e. The van der Waals surface area contributed by atoms with Crippen LogP contribution in [-0.2, 0) is 15.9 Å². The van der Waals surface area contributed by atoms with Gasteiger partial charge in [-0.2, -0.15) is 0 Å². The number of hydrogen-bond donors (Lipinski definition) is 2. The van der Waals surface area contributed by atoms with Crippen LogP contribution in [-0.4, -0.2) is 52.5 Å². The van der Waals surface area contributed by atoms with Crippen LogP contribution >= 0.6 is 11.6 Å². The molecule has 1 aromatic rings. The van der Waals surface area contributed by atoms with Crippen molar-refractivity contribution in [2.75, 3.05) is 46.6 Å². The predicted octanol–water partition coefficient (Wildman–Crippen LogP) is 2.49. The SMILES string of the molecule is CN=C(NCCCOCC1CCOC1)NCCc1cccc(Cl)c1. The van der Waals surface area contributed by atoms with E-state index in [-0.39, 0.29) is 0 Å². The molecule has 24 heavy (non-hydrogen) atoms. The first-order chi connectivity index (χ1) is 11.8. The van der Waals surface area contributed by atoms with Gasteiger partial charge in [0.1, 0.15) is 0 Å². The van der Waals surface area contributed by atoms with Crippen molar-refractivity contribution in [1.82, 2.24) is 10.6 Å². The van der Waals surface area contributed by atoms with Crippen molar-refractivity contribution >= 4 is 17.6 Å². The highest BCUT2D eigenvalue weighted by Gasteiger charge is 2.15. The zero-order valence-corrected chi connectivity index (χ0v) is 15.1. The maximum atomic E-state index is 5.99. The summed E-state index contributed by atoms with van der Waals surface area (Å²) in [5.74, 6) is 1.40. The molecule has 0 aromatic heterocycles. The van der Waals surface area contributed by atoms with Crippen LogP contribution in [0.25, 0.3) is 0 Å². The molecule has 1 aliphatic rings. The Bertz CT molecular complexity index is 505. The summed E-state index contributed by atoms with van der Waals surface area (Å²) in [7, 11) is 1.78. The molecular formula is C18H28ClN3O2. The summed E-state index contributed by atoms with van der Waals surface area (Å²) in [6.07, 6.45) is 3.00. The molecule has 0 bridgehead atoms. The predicted molar refractivity (Wildman–Crippen MR) is 98.9 cm³/mol. The second kappa shape index (κ2) is 11.3. The lowest BCUT2D eigenvalue weighted by atomic mass is 10.1. The molecule has 0 radical (unpaired) electrons. The fraction of sp³-hybridized carbons (Fsp3) is 0.611. The van der Waals surface area contributed by atoms with E-state index in [0.29, 0.717) is 5.92 Å². The molecule has 1 unspecified atom stereocenters. The number of benzene rings is 1. The Balaban J connectivity index is 1.50. The number of rotatable bonds is 9.